The fourth-order valence-corrected chi connectivity index (χ4v) is 5.82. The number of carbonyl (C=O) groups excluding carboxylic acids is 3. The van der Waals surface area contributed by atoms with E-state index in [-0.39, 0.29) is 28.9 Å². The maximum Gasteiger partial charge on any atom is 0.265 e. The molecule has 33 heavy (non-hydrogen) atoms. The molecule has 1 amide bonds. The molecule has 0 unspecified atom stereocenters. The van der Waals surface area contributed by atoms with Gasteiger partial charge in [-0.2, -0.15) is 0 Å². The van der Waals surface area contributed by atoms with Crippen molar-refractivity contribution < 1.29 is 14.4 Å². The van der Waals surface area contributed by atoms with Crippen LogP contribution in [0.5, 0.6) is 0 Å². The SMILES string of the molecule is C=C1CC[C@H](N2Cc3c(CCC(=O)CCc4ccc(C(C)(C)C)cc4)csc3C2=O)C(=O)C1. The Kier molecular flexibility index (Phi) is 6.71. The van der Waals surface area contributed by atoms with E-state index in [1.54, 1.807) is 4.90 Å². The van der Waals surface area contributed by atoms with Gasteiger partial charge in [-0.15, -0.1) is 11.3 Å². The predicted molar refractivity (Wildman–Crippen MR) is 133 cm³/mol. The fourth-order valence-electron chi connectivity index (χ4n) is 4.74. The summed E-state index contributed by atoms with van der Waals surface area (Å²) in [5, 5.41) is 2.02. The van der Waals surface area contributed by atoms with Crippen LogP contribution in [0.1, 0.15) is 84.8 Å². The Bertz CT molecular complexity index is 1090. The molecular weight excluding hydrogens is 430 g/mol. The molecule has 2 aromatic rings. The van der Waals surface area contributed by atoms with Gasteiger partial charge in [-0.1, -0.05) is 57.2 Å². The predicted octanol–water partition coefficient (Wildman–Crippen LogP) is 5.81. The van der Waals surface area contributed by atoms with Gasteiger partial charge in [0.25, 0.3) is 5.91 Å². The van der Waals surface area contributed by atoms with E-state index in [9.17, 15) is 14.4 Å². The zero-order valence-electron chi connectivity index (χ0n) is 19.9. The quantitative estimate of drug-likeness (QED) is 0.487. The van der Waals surface area contributed by atoms with Gasteiger partial charge in [0.1, 0.15) is 5.78 Å². The van der Waals surface area contributed by atoms with Gasteiger partial charge in [-0.05, 0) is 58.7 Å². The average molecular weight is 464 g/mol. The molecule has 4 rings (SSSR count). The number of carbonyl (C=O) groups is 3. The normalized spacial score (nSPS) is 18.7. The van der Waals surface area contributed by atoms with Crippen molar-refractivity contribution in [3.8, 4) is 0 Å². The second-order valence-corrected chi connectivity index (χ2v) is 11.3. The standard InChI is InChI=1S/C28H33NO3S/c1-18-5-14-24(25(31)15-18)29-16-23-20(17-33-26(23)27(29)32)9-13-22(30)12-8-19-6-10-21(11-7-19)28(2,3)4/h6-7,10-11,17,24H,1,5,8-9,12-16H2,2-4H3/t24-/m0/s1. The van der Waals surface area contributed by atoms with Crippen LogP contribution in [0.25, 0.3) is 0 Å². The van der Waals surface area contributed by atoms with E-state index in [1.165, 1.54) is 22.5 Å². The van der Waals surface area contributed by atoms with Crippen LogP contribution in [-0.2, 0) is 34.4 Å². The van der Waals surface area contributed by atoms with Crippen LogP contribution in [0.3, 0.4) is 0 Å². The highest BCUT2D eigenvalue weighted by Gasteiger charge is 2.39. The van der Waals surface area contributed by atoms with Crippen molar-refractivity contribution in [3.63, 3.8) is 0 Å². The molecule has 1 saturated carbocycles. The summed E-state index contributed by atoms with van der Waals surface area (Å²) in [5.74, 6) is 0.316. The molecule has 174 valence electrons. The molecule has 0 bridgehead atoms. The molecule has 1 aliphatic carbocycles. The number of rotatable bonds is 7. The number of ketones is 2. The van der Waals surface area contributed by atoms with E-state index in [4.69, 9.17) is 0 Å². The second-order valence-electron chi connectivity index (χ2n) is 10.4. The Hall–Kier alpha value is -2.53. The van der Waals surface area contributed by atoms with Crippen molar-refractivity contribution in [1.82, 2.24) is 4.90 Å². The molecule has 0 spiro atoms. The zero-order chi connectivity index (χ0) is 23.8. The molecule has 2 heterocycles. The molecule has 0 radical (unpaired) electrons. The van der Waals surface area contributed by atoms with Gasteiger partial charge in [-0.3, -0.25) is 14.4 Å². The topological polar surface area (TPSA) is 54.5 Å². The number of nitrogens with zero attached hydrogens (tertiary/aromatic N) is 1. The fraction of sp³-hybridized carbons (Fsp3) is 0.464. The molecule has 0 N–H and O–H groups in total. The zero-order valence-corrected chi connectivity index (χ0v) is 20.7. The summed E-state index contributed by atoms with van der Waals surface area (Å²) in [6, 6.07) is 8.24. The monoisotopic (exact) mass is 463 g/mol. The van der Waals surface area contributed by atoms with Crippen LogP contribution in [0, 0.1) is 0 Å². The third-order valence-electron chi connectivity index (χ3n) is 6.89. The van der Waals surface area contributed by atoms with Gasteiger partial charge in [0.15, 0.2) is 5.78 Å². The van der Waals surface area contributed by atoms with Crippen LogP contribution in [0.15, 0.2) is 41.8 Å². The third-order valence-corrected chi connectivity index (χ3v) is 7.95. The minimum absolute atomic E-state index is 0.0304. The third kappa shape index (κ3) is 5.19. The van der Waals surface area contributed by atoms with Gasteiger partial charge in [-0.25, -0.2) is 0 Å². The van der Waals surface area contributed by atoms with E-state index >= 15 is 0 Å². The Morgan fingerprint density at radius 2 is 1.82 bits per heavy atom. The number of thiophene rings is 1. The Labute approximate surface area is 200 Å². The lowest BCUT2D eigenvalue weighted by Crippen LogP contribution is -2.43. The molecule has 1 aromatic heterocycles. The molecule has 0 saturated heterocycles. The number of benzene rings is 1. The van der Waals surface area contributed by atoms with E-state index < -0.39 is 0 Å². The van der Waals surface area contributed by atoms with Crippen LogP contribution in [0.2, 0.25) is 0 Å². The summed E-state index contributed by atoms with van der Waals surface area (Å²) in [4.78, 5) is 40.4. The Morgan fingerprint density at radius 1 is 1.12 bits per heavy atom. The first-order valence-corrected chi connectivity index (χ1v) is 12.7. The Balaban J connectivity index is 1.31. The van der Waals surface area contributed by atoms with Crippen LogP contribution in [-0.4, -0.2) is 28.4 Å². The van der Waals surface area contributed by atoms with Crippen molar-refractivity contribution in [2.45, 2.75) is 83.7 Å². The molecule has 1 aliphatic heterocycles. The molecule has 2 aliphatic rings. The van der Waals surface area contributed by atoms with Gasteiger partial charge in [0, 0.05) is 25.8 Å². The molecule has 4 nitrogen and oxygen atoms in total. The Morgan fingerprint density at radius 3 is 2.48 bits per heavy atom. The van der Waals surface area contributed by atoms with Gasteiger partial charge in [0.05, 0.1) is 10.9 Å². The number of fused-ring (bicyclic) bond motifs is 1. The maximum atomic E-state index is 12.9. The first-order chi connectivity index (χ1) is 15.6. The van der Waals surface area contributed by atoms with Crippen LogP contribution < -0.4 is 0 Å². The van der Waals surface area contributed by atoms with Gasteiger partial charge < -0.3 is 4.90 Å². The molecule has 5 heteroatoms. The van der Waals surface area contributed by atoms with Crippen molar-refractivity contribution in [1.29, 1.82) is 0 Å². The maximum absolute atomic E-state index is 12.9. The van der Waals surface area contributed by atoms with Crippen molar-refractivity contribution in [2.24, 2.45) is 0 Å². The highest BCUT2D eigenvalue weighted by atomic mass is 32.1. The lowest BCUT2D eigenvalue weighted by atomic mass is 9.86. The second kappa shape index (κ2) is 9.38. The summed E-state index contributed by atoms with van der Waals surface area (Å²) in [6.45, 7) is 11.0. The van der Waals surface area contributed by atoms with Crippen molar-refractivity contribution >= 4 is 28.8 Å². The summed E-state index contributed by atoms with van der Waals surface area (Å²) < 4.78 is 0. The van der Waals surface area contributed by atoms with E-state index in [1.807, 2.05) is 5.38 Å². The number of Topliss-reactive ketones (excluding diaryl/α,β-unsaturated/α-hetero) is 2. The minimum atomic E-state index is -0.332. The smallest absolute Gasteiger partial charge is 0.265 e. The van der Waals surface area contributed by atoms with E-state index in [0.717, 1.165) is 34.4 Å². The summed E-state index contributed by atoms with van der Waals surface area (Å²) in [6.07, 6.45) is 4.28. The molecule has 1 fully saturated rings. The summed E-state index contributed by atoms with van der Waals surface area (Å²) >= 11 is 1.45. The van der Waals surface area contributed by atoms with E-state index in [2.05, 4.69) is 51.6 Å². The first-order valence-electron chi connectivity index (χ1n) is 11.8. The number of allylic oxidation sites excluding steroid dienone is 1. The summed E-state index contributed by atoms with van der Waals surface area (Å²) in [5.41, 5.74) is 5.68. The van der Waals surface area contributed by atoms with Crippen molar-refractivity contribution in [2.75, 3.05) is 0 Å². The lowest BCUT2D eigenvalue weighted by Gasteiger charge is -2.30. The molecule has 1 atom stereocenters. The number of amides is 1. The van der Waals surface area contributed by atoms with Crippen LogP contribution in [0.4, 0.5) is 0 Å². The van der Waals surface area contributed by atoms with Gasteiger partial charge >= 0.3 is 0 Å². The molecule has 1 aromatic carbocycles. The summed E-state index contributed by atoms with van der Waals surface area (Å²) in [7, 11) is 0. The molecular formula is C28H33NO3S. The van der Waals surface area contributed by atoms with Crippen molar-refractivity contribution in [3.05, 3.63) is 68.9 Å². The number of aryl methyl sites for hydroxylation is 2. The highest BCUT2D eigenvalue weighted by Crippen LogP contribution is 2.36. The average Bonchev–Trinajstić information content (AvgIpc) is 3.30. The first kappa shape index (κ1) is 23.6. The lowest BCUT2D eigenvalue weighted by molar-refractivity contribution is -0.124. The number of hydrogen-bond donors (Lipinski definition) is 0. The number of hydrogen-bond acceptors (Lipinski definition) is 4. The van der Waals surface area contributed by atoms with Crippen LogP contribution >= 0.6 is 11.3 Å². The van der Waals surface area contributed by atoms with E-state index in [0.29, 0.717) is 38.6 Å². The largest absolute Gasteiger partial charge is 0.323 e. The van der Waals surface area contributed by atoms with Gasteiger partial charge in [0.2, 0.25) is 0 Å². The highest BCUT2D eigenvalue weighted by molar-refractivity contribution is 7.12. The minimum Gasteiger partial charge on any atom is -0.323 e.